The zero-order chi connectivity index (χ0) is 22.0. The molecule has 0 unspecified atom stereocenters. The number of benzene rings is 1. The highest BCUT2D eigenvalue weighted by atomic mass is 35.5. The molecule has 1 atom stereocenters. The number of aromatic nitrogens is 3. The summed E-state index contributed by atoms with van der Waals surface area (Å²) in [6.07, 6.45) is 1.66. The molecule has 6 nitrogen and oxygen atoms in total. The molecule has 0 saturated carbocycles. The molecule has 0 fully saturated rings. The van der Waals surface area contributed by atoms with Crippen molar-refractivity contribution in [1.29, 1.82) is 5.26 Å². The van der Waals surface area contributed by atoms with E-state index in [-0.39, 0.29) is 17.3 Å². The van der Waals surface area contributed by atoms with E-state index in [2.05, 4.69) is 21.5 Å². The number of nitriles is 1. The molecule has 0 saturated heterocycles. The van der Waals surface area contributed by atoms with Gasteiger partial charge in [-0.15, -0.1) is 11.3 Å². The van der Waals surface area contributed by atoms with Crippen LogP contribution in [0.25, 0.3) is 16.3 Å². The summed E-state index contributed by atoms with van der Waals surface area (Å²) in [5.74, 6) is -0.476. The van der Waals surface area contributed by atoms with E-state index < -0.39 is 5.91 Å². The Bertz CT molecular complexity index is 1280. The van der Waals surface area contributed by atoms with Crippen molar-refractivity contribution < 1.29 is 4.79 Å². The molecular weight excluding hydrogens is 453 g/mol. The molecule has 0 spiro atoms. The Balaban J connectivity index is 1.82. The third-order valence-electron chi connectivity index (χ3n) is 4.58. The fraction of sp³-hybridized carbons (Fsp3) is 0.0909. The van der Waals surface area contributed by atoms with E-state index in [1.807, 2.05) is 36.6 Å². The van der Waals surface area contributed by atoms with Gasteiger partial charge in [-0.05, 0) is 48.7 Å². The molecule has 3 heterocycles. The zero-order valence-corrected chi connectivity index (χ0v) is 18.5. The van der Waals surface area contributed by atoms with Gasteiger partial charge in [-0.25, -0.2) is 4.68 Å². The lowest BCUT2D eigenvalue weighted by atomic mass is 10.1. The number of hydrogen-bond donors (Lipinski definition) is 1. The maximum absolute atomic E-state index is 13.1. The van der Waals surface area contributed by atoms with E-state index in [1.165, 1.54) is 16.0 Å². The number of carbonyl (C=O) groups excluding carboxylic acids is 1. The molecular formula is C22H15Cl2N5OS. The van der Waals surface area contributed by atoms with Gasteiger partial charge in [0.2, 0.25) is 0 Å². The third kappa shape index (κ3) is 4.19. The zero-order valence-electron chi connectivity index (χ0n) is 16.2. The fourth-order valence-electron chi connectivity index (χ4n) is 3.12. The van der Waals surface area contributed by atoms with E-state index in [0.29, 0.717) is 27.1 Å². The average molecular weight is 468 g/mol. The lowest BCUT2D eigenvalue weighted by Crippen LogP contribution is -2.28. The molecule has 0 aliphatic rings. The largest absolute Gasteiger partial charge is 0.343 e. The number of nitrogens with one attached hydrogen (secondary N) is 1. The van der Waals surface area contributed by atoms with Crippen molar-refractivity contribution in [3.05, 3.63) is 87.1 Å². The molecule has 1 aromatic carbocycles. The Hall–Kier alpha value is -3.18. The van der Waals surface area contributed by atoms with Crippen molar-refractivity contribution in [3.63, 3.8) is 0 Å². The summed E-state index contributed by atoms with van der Waals surface area (Å²) < 4.78 is 1.52. The average Bonchev–Trinajstić information content (AvgIpc) is 3.41. The van der Waals surface area contributed by atoms with Crippen molar-refractivity contribution in [2.75, 3.05) is 0 Å². The van der Waals surface area contributed by atoms with Gasteiger partial charge in [0.25, 0.3) is 5.91 Å². The van der Waals surface area contributed by atoms with Gasteiger partial charge in [0.05, 0.1) is 27.3 Å². The number of thiophene rings is 1. The van der Waals surface area contributed by atoms with Crippen LogP contribution < -0.4 is 5.32 Å². The number of halogens is 2. The number of carbonyl (C=O) groups is 1. The predicted molar refractivity (Wildman–Crippen MR) is 122 cm³/mol. The summed E-state index contributed by atoms with van der Waals surface area (Å²) >= 11 is 13.9. The topological polar surface area (TPSA) is 83.6 Å². The molecule has 0 radical (unpaired) electrons. The van der Waals surface area contributed by atoms with E-state index in [4.69, 9.17) is 23.2 Å². The van der Waals surface area contributed by atoms with Crippen molar-refractivity contribution >= 4 is 40.4 Å². The van der Waals surface area contributed by atoms with Crippen LogP contribution in [0.4, 0.5) is 0 Å². The molecule has 1 amide bonds. The summed E-state index contributed by atoms with van der Waals surface area (Å²) in [5.41, 5.74) is 1.90. The highest BCUT2D eigenvalue weighted by Crippen LogP contribution is 2.35. The van der Waals surface area contributed by atoms with E-state index >= 15 is 0 Å². The molecule has 4 rings (SSSR count). The van der Waals surface area contributed by atoms with Crippen LogP contribution in [-0.4, -0.2) is 20.7 Å². The fourth-order valence-corrected chi connectivity index (χ4v) is 4.37. The lowest BCUT2D eigenvalue weighted by molar-refractivity contribution is 0.0933. The summed E-state index contributed by atoms with van der Waals surface area (Å²) in [4.78, 5) is 18.1. The minimum atomic E-state index is -0.476. The molecule has 3 aromatic heterocycles. The van der Waals surface area contributed by atoms with Crippen LogP contribution in [0.1, 0.15) is 34.7 Å². The SMILES string of the molecule is C[C@@H](NC(=O)c1nn(-c2ccc(Cl)cc2Cl)c(-c2cccs2)c1C#N)c1ccccn1. The third-order valence-corrected chi connectivity index (χ3v) is 6.00. The molecule has 9 heteroatoms. The number of amides is 1. The first-order valence-corrected chi connectivity index (χ1v) is 10.9. The summed E-state index contributed by atoms with van der Waals surface area (Å²) in [7, 11) is 0. The van der Waals surface area contributed by atoms with Crippen LogP contribution >= 0.6 is 34.5 Å². The Labute approximate surface area is 192 Å². The Morgan fingerprint density at radius 2 is 2.06 bits per heavy atom. The Kier molecular flexibility index (Phi) is 6.05. The Morgan fingerprint density at radius 1 is 1.23 bits per heavy atom. The van der Waals surface area contributed by atoms with E-state index in [0.717, 1.165) is 4.88 Å². The normalized spacial score (nSPS) is 11.7. The van der Waals surface area contributed by atoms with Crippen molar-refractivity contribution in [1.82, 2.24) is 20.1 Å². The number of rotatable bonds is 5. The van der Waals surface area contributed by atoms with Gasteiger partial charge < -0.3 is 5.32 Å². The van der Waals surface area contributed by atoms with Crippen LogP contribution in [-0.2, 0) is 0 Å². The van der Waals surface area contributed by atoms with Crippen LogP contribution in [0.15, 0.2) is 60.1 Å². The number of hydrogen-bond acceptors (Lipinski definition) is 5. The highest BCUT2D eigenvalue weighted by Gasteiger charge is 2.27. The van der Waals surface area contributed by atoms with Crippen molar-refractivity contribution in [3.8, 4) is 22.3 Å². The van der Waals surface area contributed by atoms with Crippen LogP contribution in [0.3, 0.4) is 0 Å². The van der Waals surface area contributed by atoms with Gasteiger partial charge in [-0.3, -0.25) is 9.78 Å². The summed E-state index contributed by atoms with van der Waals surface area (Å²) in [6.45, 7) is 1.82. The number of pyridine rings is 1. The first-order chi connectivity index (χ1) is 15.0. The smallest absolute Gasteiger partial charge is 0.273 e. The minimum absolute atomic E-state index is 0.0136. The first-order valence-electron chi connectivity index (χ1n) is 9.23. The molecule has 4 aromatic rings. The second-order valence-electron chi connectivity index (χ2n) is 6.62. The van der Waals surface area contributed by atoms with Gasteiger partial charge in [0.15, 0.2) is 5.69 Å². The number of nitrogens with zero attached hydrogens (tertiary/aromatic N) is 4. The maximum atomic E-state index is 13.1. The minimum Gasteiger partial charge on any atom is -0.343 e. The highest BCUT2D eigenvalue weighted by molar-refractivity contribution is 7.13. The van der Waals surface area contributed by atoms with E-state index in [1.54, 1.807) is 30.5 Å². The van der Waals surface area contributed by atoms with E-state index in [9.17, 15) is 10.1 Å². The monoisotopic (exact) mass is 467 g/mol. The quantitative estimate of drug-likeness (QED) is 0.409. The second-order valence-corrected chi connectivity index (χ2v) is 8.41. The molecule has 154 valence electrons. The van der Waals surface area contributed by atoms with Gasteiger partial charge >= 0.3 is 0 Å². The molecule has 0 aliphatic heterocycles. The van der Waals surface area contributed by atoms with Crippen molar-refractivity contribution in [2.45, 2.75) is 13.0 Å². The predicted octanol–water partition coefficient (Wildman–Crippen LogP) is 5.67. The first kappa shape index (κ1) is 21.1. The molecule has 31 heavy (non-hydrogen) atoms. The standard InChI is InChI=1S/C22H15Cl2N5OS/c1-13(17-5-2-3-9-26-17)27-22(30)20-15(12-25)21(19-6-4-10-31-19)29(28-20)18-8-7-14(23)11-16(18)24/h2-11,13H,1H3,(H,27,30)/t13-/m1/s1. The van der Waals surface area contributed by atoms with Crippen LogP contribution in [0.5, 0.6) is 0 Å². The van der Waals surface area contributed by atoms with Gasteiger partial charge in [-0.2, -0.15) is 10.4 Å². The van der Waals surface area contributed by atoms with Crippen molar-refractivity contribution in [2.24, 2.45) is 0 Å². The Morgan fingerprint density at radius 3 is 2.71 bits per heavy atom. The summed E-state index contributed by atoms with van der Waals surface area (Å²) in [5, 5.41) is 20.0. The van der Waals surface area contributed by atoms with Gasteiger partial charge in [0.1, 0.15) is 17.3 Å². The van der Waals surface area contributed by atoms with Gasteiger partial charge in [-0.1, -0.05) is 35.3 Å². The molecule has 0 aliphatic carbocycles. The lowest BCUT2D eigenvalue weighted by Gasteiger charge is -2.12. The van der Waals surface area contributed by atoms with Gasteiger partial charge in [0, 0.05) is 11.2 Å². The second kappa shape index (κ2) is 8.90. The summed E-state index contributed by atoms with van der Waals surface area (Å²) in [6, 6.07) is 15.9. The van der Waals surface area contributed by atoms with Crippen LogP contribution in [0.2, 0.25) is 10.0 Å². The maximum Gasteiger partial charge on any atom is 0.273 e. The molecule has 1 N–H and O–H groups in total. The molecule has 0 bridgehead atoms. The van der Waals surface area contributed by atoms with Crippen LogP contribution in [0, 0.1) is 11.3 Å².